The molecule has 0 unspecified atom stereocenters. The van der Waals surface area contributed by atoms with Gasteiger partial charge in [-0.15, -0.1) is 0 Å². The highest BCUT2D eigenvalue weighted by Gasteiger charge is 2.53. The Bertz CT molecular complexity index is 864. The molecule has 0 aliphatic carbocycles. The van der Waals surface area contributed by atoms with Crippen molar-refractivity contribution in [1.82, 2.24) is 4.98 Å². The van der Waals surface area contributed by atoms with E-state index in [0.29, 0.717) is 12.8 Å². The SMILES string of the molecule is O=C1CC[C@]23C=C[C@H](O2)[C@H](O)c2cc(-c4cccnc4)ccc2N13. The molecule has 1 aromatic carbocycles. The van der Waals surface area contributed by atoms with E-state index in [4.69, 9.17) is 4.74 Å². The van der Waals surface area contributed by atoms with Gasteiger partial charge in [-0.1, -0.05) is 18.2 Å². The Morgan fingerprint density at radius 1 is 1.29 bits per heavy atom. The molecule has 2 aromatic rings. The number of aliphatic hydroxyl groups is 1. The van der Waals surface area contributed by atoms with Gasteiger partial charge in [-0.3, -0.25) is 14.7 Å². The minimum absolute atomic E-state index is 0.0322. The van der Waals surface area contributed by atoms with Crippen molar-refractivity contribution in [3.8, 4) is 11.1 Å². The lowest BCUT2D eigenvalue weighted by Crippen LogP contribution is -2.45. The molecule has 0 saturated carbocycles. The number of hydrogen-bond acceptors (Lipinski definition) is 4. The Labute approximate surface area is 139 Å². The molecule has 3 aliphatic heterocycles. The highest BCUT2D eigenvalue weighted by Crippen LogP contribution is 2.49. The maximum absolute atomic E-state index is 12.5. The molecule has 3 aliphatic rings. The van der Waals surface area contributed by atoms with Crippen LogP contribution in [0.15, 0.2) is 54.9 Å². The van der Waals surface area contributed by atoms with Crippen LogP contribution in [0.3, 0.4) is 0 Å². The fourth-order valence-electron chi connectivity index (χ4n) is 3.94. The van der Waals surface area contributed by atoms with E-state index < -0.39 is 17.9 Å². The van der Waals surface area contributed by atoms with Gasteiger partial charge in [0, 0.05) is 36.4 Å². The number of fused-ring (bicyclic) bond motifs is 3. The van der Waals surface area contributed by atoms with Crippen molar-refractivity contribution in [2.45, 2.75) is 30.8 Å². The first-order chi connectivity index (χ1) is 11.7. The van der Waals surface area contributed by atoms with Gasteiger partial charge in [0.05, 0.1) is 5.69 Å². The van der Waals surface area contributed by atoms with Crippen LogP contribution in [-0.2, 0) is 9.53 Å². The molecule has 2 bridgehead atoms. The number of aliphatic hydroxyl groups excluding tert-OH is 1. The Kier molecular flexibility index (Phi) is 2.75. The van der Waals surface area contributed by atoms with Crippen LogP contribution < -0.4 is 4.90 Å². The van der Waals surface area contributed by atoms with E-state index in [2.05, 4.69) is 4.98 Å². The third-order valence-corrected chi connectivity index (χ3v) is 5.10. The van der Waals surface area contributed by atoms with Crippen molar-refractivity contribution in [1.29, 1.82) is 0 Å². The first kappa shape index (κ1) is 13.9. The Hall–Kier alpha value is -2.50. The lowest BCUT2D eigenvalue weighted by atomic mass is 9.95. The van der Waals surface area contributed by atoms with Gasteiger partial charge in [0.2, 0.25) is 5.91 Å². The number of ether oxygens (including phenoxy) is 1. The molecule has 120 valence electrons. The van der Waals surface area contributed by atoms with Gasteiger partial charge in [-0.05, 0) is 29.8 Å². The fraction of sp³-hybridized carbons (Fsp3) is 0.263. The summed E-state index contributed by atoms with van der Waals surface area (Å²) in [6.07, 6.45) is 7.16. The van der Waals surface area contributed by atoms with Crippen LogP contribution in [0.25, 0.3) is 11.1 Å². The molecule has 5 nitrogen and oxygen atoms in total. The summed E-state index contributed by atoms with van der Waals surface area (Å²) in [6.45, 7) is 0. The number of anilines is 1. The summed E-state index contributed by atoms with van der Waals surface area (Å²) in [6, 6.07) is 9.66. The lowest BCUT2D eigenvalue weighted by Gasteiger charge is -2.32. The van der Waals surface area contributed by atoms with Crippen molar-refractivity contribution >= 4 is 11.6 Å². The largest absolute Gasteiger partial charge is 0.385 e. The predicted molar refractivity (Wildman–Crippen MR) is 88.1 cm³/mol. The smallest absolute Gasteiger partial charge is 0.229 e. The van der Waals surface area contributed by atoms with E-state index in [1.807, 2.05) is 42.5 Å². The molecule has 0 radical (unpaired) electrons. The number of rotatable bonds is 1. The summed E-state index contributed by atoms with van der Waals surface area (Å²) in [5.74, 6) is 0.0322. The number of carbonyl (C=O) groups is 1. The van der Waals surface area contributed by atoms with Crippen LogP contribution in [0.2, 0.25) is 0 Å². The van der Waals surface area contributed by atoms with Gasteiger partial charge in [-0.2, -0.15) is 0 Å². The second kappa shape index (κ2) is 4.75. The standard InChI is InChI=1S/C19H16N2O3/c22-17-6-8-19-7-5-16(24-19)18(23)14-10-12(3-4-15(14)21(17)19)13-2-1-9-20-11-13/h1-5,7,9-11,16,18,23H,6,8H2/t16-,18+,19-/m0/s1. The number of benzene rings is 1. The third-order valence-electron chi connectivity index (χ3n) is 5.10. The minimum Gasteiger partial charge on any atom is -0.385 e. The summed E-state index contributed by atoms with van der Waals surface area (Å²) < 4.78 is 6.08. The number of carbonyl (C=O) groups excluding carboxylic acids is 1. The highest BCUT2D eigenvalue weighted by molar-refractivity contribution is 5.99. The number of nitrogens with zero attached hydrogens (tertiary/aromatic N) is 2. The monoisotopic (exact) mass is 320 g/mol. The number of aromatic nitrogens is 1. The fourth-order valence-corrected chi connectivity index (χ4v) is 3.94. The Balaban J connectivity index is 1.70. The average molecular weight is 320 g/mol. The highest BCUT2D eigenvalue weighted by atomic mass is 16.5. The number of amides is 1. The minimum atomic E-state index is -0.800. The number of pyridine rings is 1. The molecule has 1 amide bonds. The van der Waals surface area contributed by atoms with Crippen LogP contribution in [0, 0.1) is 0 Å². The first-order valence-electron chi connectivity index (χ1n) is 8.11. The summed E-state index contributed by atoms with van der Waals surface area (Å²) >= 11 is 0. The normalized spacial score (nSPS) is 30.2. The molecule has 4 heterocycles. The second-order valence-electron chi connectivity index (χ2n) is 6.48. The van der Waals surface area contributed by atoms with Crippen molar-refractivity contribution in [2.24, 2.45) is 0 Å². The van der Waals surface area contributed by atoms with Crippen LogP contribution >= 0.6 is 0 Å². The summed E-state index contributed by atoms with van der Waals surface area (Å²) in [4.78, 5) is 18.3. The van der Waals surface area contributed by atoms with Crippen molar-refractivity contribution in [3.63, 3.8) is 0 Å². The molecule has 5 heteroatoms. The van der Waals surface area contributed by atoms with E-state index in [0.717, 1.165) is 22.4 Å². The molecule has 1 spiro atoms. The first-order valence-corrected chi connectivity index (χ1v) is 8.11. The molecular formula is C19H16N2O3. The maximum Gasteiger partial charge on any atom is 0.229 e. The maximum atomic E-state index is 12.5. The van der Waals surface area contributed by atoms with Crippen LogP contribution in [0.1, 0.15) is 24.5 Å². The van der Waals surface area contributed by atoms with Crippen LogP contribution in [0.5, 0.6) is 0 Å². The van der Waals surface area contributed by atoms with E-state index in [9.17, 15) is 9.90 Å². The topological polar surface area (TPSA) is 62.7 Å². The Morgan fingerprint density at radius 2 is 2.21 bits per heavy atom. The predicted octanol–water partition coefficient (Wildman–Crippen LogP) is 2.57. The molecule has 5 rings (SSSR count). The summed E-state index contributed by atoms with van der Waals surface area (Å²) in [5.41, 5.74) is 2.67. The van der Waals surface area contributed by atoms with Crippen molar-refractivity contribution in [2.75, 3.05) is 4.90 Å². The Morgan fingerprint density at radius 3 is 3.04 bits per heavy atom. The van der Waals surface area contributed by atoms with Gasteiger partial charge in [0.15, 0.2) is 5.72 Å². The van der Waals surface area contributed by atoms with Crippen LogP contribution in [0.4, 0.5) is 5.69 Å². The molecule has 24 heavy (non-hydrogen) atoms. The van der Waals surface area contributed by atoms with Crippen molar-refractivity contribution < 1.29 is 14.6 Å². The van der Waals surface area contributed by atoms with Gasteiger partial charge in [0.1, 0.15) is 12.2 Å². The zero-order chi connectivity index (χ0) is 16.3. The number of hydrogen-bond donors (Lipinski definition) is 1. The van der Waals surface area contributed by atoms with Crippen LogP contribution in [-0.4, -0.2) is 27.8 Å². The van der Waals surface area contributed by atoms with Gasteiger partial charge >= 0.3 is 0 Å². The van der Waals surface area contributed by atoms with E-state index in [-0.39, 0.29) is 5.91 Å². The van der Waals surface area contributed by atoms with E-state index in [1.54, 1.807) is 17.3 Å². The second-order valence-corrected chi connectivity index (χ2v) is 6.48. The zero-order valence-corrected chi connectivity index (χ0v) is 12.9. The molecule has 1 saturated heterocycles. The lowest BCUT2D eigenvalue weighted by molar-refractivity contribution is -0.119. The quantitative estimate of drug-likeness (QED) is 0.820. The molecule has 1 aromatic heterocycles. The molecule has 3 atom stereocenters. The average Bonchev–Trinajstić information content (AvgIpc) is 3.16. The third kappa shape index (κ3) is 1.76. The molecule has 1 N–H and O–H groups in total. The van der Waals surface area contributed by atoms with Gasteiger partial charge < -0.3 is 9.84 Å². The summed E-state index contributed by atoms with van der Waals surface area (Å²) in [5, 5.41) is 10.8. The summed E-state index contributed by atoms with van der Waals surface area (Å²) in [7, 11) is 0. The van der Waals surface area contributed by atoms with Crippen molar-refractivity contribution in [3.05, 3.63) is 60.4 Å². The van der Waals surface area contributed by atoms with E-state index >= 15 is 0 Å². The van der Waals surface area contributed by atoms with Gasteiger partial charge in [-0.25, -0.2) is 0 Å². The molecular weight excluding hydrogens is 304 g/mol. The van der Waals surface area contributed by atoms with Gasteiger partial charge in [0.25, 0.3) is 0 Å². The van der Waals surface area contributed by atoms with E-state index in [1.165, 1.54) is 0 Å². The zero-order valence-electron chi connectivity index (χ0n) is 12.9. The molecule has 1 fully saturated rings.